The number of ether oxygens (including phenoxy) is 3. The van der Waals surface area contributed by atoms with Crippen LogP contribution in [0.25, 0.3) is 10.9 Å². The van der Waals surface area contributed by atoms with Crippen molar-refractivity contribution >= 4 is 44.2 Å². The molecule has 0 saturated carbocycles. The first-order chi connectivity index (χ1) is 18.2. The molecule has 1 aromatic heterocycles. The topological polar surface area (TPSA) is 94.6 Å². The Bertz CT molecular complexity index is 1420. The van der Waals surface area contributed by atoms with E-state index in [1.165, 1.54) is 18.5 Å². The van der Waals surface area contributed by atoms with Gasteiger partial charge in [0.05, 0.1) is 23.1 Å². The molecule has 38 heavy (non-hydrogen) atoms. The summed E-state index contributed by atoms with van der Waals surface area (Å²) in [5.74, 6) is 1.47. The summed E-state index contributed by atoms with van der Waals surface area (Å²) >= 11 is 2.87. The Morgan fingerprint density at radius 2 is 1.63 bits per heavy atom. The maximum atomic E-state index is 13.1. The normalized spacial score (nSPS) is 11.3. The van der Waals surface area contributed by atoms with E-state index in [4.69, 9.17) is 14.2 Å². The number of benzene rings is 3. The number of methoxy groups -OCH3 is 1. The fourth-order valence-corrected chi connectivity index (χ4v) is 3.88. The minimum absolute atomic E-state index is 0.00264. The summed E-state index contributed by atoms with van der Waals surface area (Å²) in [6.45, 7) is 1.13. The number of carbonyl (C=O) groups excluding carboxylic acids is 1. The highest BCUT2D eigenvalue weighted by molar-refractivity contribution is 9.10. The van der Waals surface area contributed by atoms with Crippen molar-refractivity contribution in [3.8, 4) is 17.4 Å². The van der Waals surface area contributed by atoms with Crippen LogP contribution in [0, 0.1) is 0 Å². The molecule has 0 aliphatic rings. The van der Waals surface area contributed by atoms with E-state index in [1.807, 2.05) is 6.07 Å². The van der Waals surface area contributed by atoms with Crippen molar-refractivity contribution in [2.24, 2.45) is 0 Å². The van der Waals surface area contributed by atoms with E-state index in [1.54, 1.807) is 43.5 Å². The van der Waals surface area contributed by atoms with Crippen molar-refractivity contribution in [2.45, 2.75) is 12.6 Å². The summed E-state index contributed by atoms with van der Waals surface area (Å²) in [5.41, 5.74) is 0.165. The Kier molecular flexibility index (Phi) is 8.64. The molecule has 2 amide bonds. The monoisotopic (exact) mass is 590 g/mol. The summed E-state index contributed by atoms with van der Waals surface area (Å²) in [5, 5.41) is 5.65. The maximum absolute atomic E-state index is 13.1. The van der Waals surface area contributed by atoms with E-state index in [0.29, 0.717) is 47.2 Å². The van der Waals surface area contributed by atoms with E-state index in [0.717, 1.165) is 12.5 Å². The Labute approximate surface area is 224 Å². The van der Waals surface area contributed by atoms with Crippen LogP contribution in [0.2, 0.25) is 0 Å². The smallest absolute Gasteiger partial charge is 0.417 e. The van der Waals surface area contributed by atoms with E-state index in [2.05, 4.69) is 36.5 Å². The van der Waals surface area contributed by atoms with Gasteiger partial charge in [-0.3, -0.25) is 0 Å². The van der Waals surface area contributed by atoms with Gasteiger partial charge in [-0.05, 0) is 54.6 Å². The molecule has 0 saturated heterocycles. The minimum Gasteiger partial charge on any atom is -0.493 e. The zero-order valence-corrected chi connectivity index (χ0v) is 21.6. The second-order valence-corrected chi connectivity index (χ2v) is 8.80. The molecule has 1 heterocycles. The zero-order chi connectivity index (χ0) is 27.1. The summed E-state index contributed by atoms with van der Waals surface area (Å²) in [4.78, 5) is 20.8. The number of rotatable bonds is 9. The van der Waals surface area contributed by atoms with Crippen molar-refractivity contribution in [1.29, 1.82) is 0 Å². The number of fused-ring (bicyclic) bond motifs is 1. The van der Waals surface area contributed by atoms with Gasteiger partial charge in [0.2, 0.25) is 5.88 Å². The van der Waals surface area contributed by atoms with E-state index in [-0.39, 0.29) is 10.2 Å². The van der Waals surface area contributed by atoms with Crippen LogP contribution >= 0.6 is 15.9 Å². The van der Waals surface area contributed by atoms with Crippen LogP contribution in [-0.4, -0.2) is 36.3 Å². The van der Waals surface area contributed by atoms with Gasteiger partial charge in [0, 0.05) is 42.1 Å². The summed E-state index contributed by atoms with van der Waals surface area (Å²) in [6.07, 6.45) is -2.40. The molecule has 3 aromatic carbocycles. The number of carbonyl (C=O) groups is 1. The molecule has 0 aliphatic heterocycles. The van der Waals surface area contributed by atoms with Crippen LogP contribution < -0.4 is 20.1 Å². The van der Waals surface area contributed by atoms with Crippen LogP contribution in [0.1, 0.15) is 12.0 Å². The van der Waals surface area contributed by atoms with Crippen LogP contribution in [0.3, 0.4) is 0 Å². The third-order valence-corrected chi connectivity index (χ3v) is 5.88. The number of nitrogens with one attached hydrogen (secondary N) is 2. The Balaban J connectivity index is 1.38. The van der Waals surface area contributed by atoms with E-state index in [9.17, 15) is 18.0 Å². The van der Waals surface area contributed by atoms with Gasteiger partial charge in [0.25, 0.3) is 0 Å². The van der Waals surface area contributed by atoms with Gasteiger partial charge < -0.3 is 24.8 Å². The highest BCUT2D eigenvalue weighted by Crippen LogP contribution is 2.36. The predicted molar refractivity (Wildman–Crippen MR) is 140 cm³/mol. The lowest BCUT2D eigenvalue weighted by molar-refractivity contribution is -0.138. The summed E-state index contributed by atoms with van der Waals surface area (Å²) in [6, 6.07) is 14.6. The molecule has 198 valence electrons. The third-order valence-electron chi connectivity index (χ3n) is 5.19. The lowest BCUT2D eigenvalue weighted by Crippen LogP contribution is -2.19. The standard InChI is InChI=1S/C26H22BrF3N4O4/c1-36-11-2-12-37-19-8-9-20-23(14-19)31-15-32-24(20)38-18-6-3-16(4-7-18)33-25(35)34-17-5-10-22(27)21(13-17)26(28,29)30/h3-10,13-15H,2,11-12H2,1H3,(H2,33,34,35). The molecule has 0 unspecified atom stereocenters. The number of halogens is 4. The van der Waals surface area contributed by atoms with E-state index >= 15 is 0 Å². The van der Waals surface area contributed by atoms with Gasteiger partial charge in [-0.15, -0.1) is 0 Å². The van der Waals surface area contributed by atoms with Crippen LogP contribution in [-0.2, 0) is 10.9 Å². The summed E-state index contributed by atoms with van der Waals surface area (Å²) in [7, 11) is 1.64. The molecular weight excluding hydrogens is 569 g/mol. The molecule has 0 fully saturated rings. The molecule has 8 nitrogen and oxygen atoms in total. The molecule has 0 aliphatic carbocycles. The second kappa shape index (κ2) is 12.1. The molecule has 0 radical (unpaired) electrons. The predicted octanol–water partition coefficient (Wildman–Crippen LogP) is 7.26. The third kappa shape index (κ3) is 7.11. The van der Waals surface area contributed by atoms with Gasteiger partial charge >= 0.3 is 12.2 Å². The minimum atomic E-state index is -4.56. The van der Waals surface area contributed by atoms with Crippen LogP contribution in [0.4, 0.5) is 29.3 Å². The molecule has 2 N–H and O–H groups in total. The number of aromatic nitrogens is 2. The van der Waals surface area contributed by atoms with Crippen molar-refractivity contribution < 1.29 is 32.2 Å². The number of urea groups is 1. The molecular formula is C26H22BrF3N4O4. The average Bonchev–Trinajstić information content (AvgIpc) is 2.88. The van der Waals surface area contributed by atoms with Gasteiger partial charge in [-0.2, -0.15) is 13.2 Å². The van der Waals surface area contributed by atoms with Gasteiger partial charge in [-0.25, -0.2) is 14.8 Å². The fraction of sp³-hybridized carbons (Fsp3) is 0.192. The Hall–Kier alpha value is -3.90. The first kappa shape index (κ1) is 27.1. The number of alkyl halides is 3. The number of amides is 2. The first-order valence-electron chi connectivity index (χ1n) is 11.3. The first-order valence-corrected chi connectivity index (χ1v) is 12.1. The van der Waals surface area contributed by atoms with Gasteiger partial charge in [0.1, 0.15) is 17.8 Å². The number of nitrogens with zero attached hydrogens (tertiary/aromatic N) is 2. The van der Waals surface area contributed by atoms with Crippen LogP contribution in [0.15, 0.2) is 71.5 Å². The van der Waals surface area contributed by atoms with Gasteiger partial charge in [0.15, 0.2) is 0 Å². The van der Waals surface area contributed by atoms with Crippen molar-refractivity contribution in [2.75, 3.05) is 31.0 Å². The van der Waals surface area contributed by atoms with E-state index < -0.39 is 17.8 Å². The quantitative estimate of drug-likeness (QED) is 0.199. The van der Waals surface area contributed by atoms with Gasteiger partial charge in [-0.1, -0.05) is 15.9 Å². The highest BCUT2D eigenvalue weighted by atomic mass is 79.9. The number of hydrogen-bond acceptors (Lipinski definition) is 6. The lowest BCUT2D eigenvalue weighted by atomic mass is 10.2. The molecule has 4 aromatic rings. The Morgan fingerprint density at radius 1 is 0.921 bits per heavy atom. The molecule has 12 heteroatoms. The average molecular weight is 591 g/mol. The molecule has 0 bridgehead atoms. The van der Waals surface area contributed by atoms with Crippen LogP contribution in [0.5, 0.6) is 17.4 Å². The zero-order valence-electron chi connectivity index (χ0n) is 20.0. The molecule has 0 spiro atoms. The second-order valence-electron chi connectivity index (χ2n) is 7.95. The largest absolute Gasteiger partial charge is 0.493 e. The lowest BCUT2D eigenvalue weighted by Gasteiger charge is -2.13. The number of hydrogen-bond donors (Lipinski definition) is 2. The van der Waals surface area contributed by atoms with Crippen molar-refractivity contribution in [3.63, 3.8) is 0 Å². The SMILES string of the molecule is COCCCOc1ccc2c(Oc3ccc(NC(=O)Nc4ccc(Br)c(C(F)(F)F)c4)cc3)ncnc2c1. The molecule has 4 rings (SSSR count). The highest BCUT2D eigenvalue weighted by Gasteiger charge is 2.33. The maximum Gasteiger partial charge on any atom is 0.417 e. The van der Waals surface area contributed by atoms with Crippen molar-refractivity contribution in [1.82, 2.24) is 9.97 Å². The number of anilines is 2. The Morgan fingerprint density at radius 3 is 2.37 bits per heavy atom. The van der Waals surface area contributed by atoms with Crippen molar-refractivity contribution in [3.05, 3.63) is 77.0 Å². The fourth-order valence-electron chi connectivity index (χ4n) is 3.41. The molecule has 0 atom stereocenters. The summed E-state index contributed by atoms with van der Waals surface area (Å²) < 4.78 is 55.8.